The number of hydrogen-bond acceptors (Lipinski definition) is 3. The highest BCUT2D eigenvalue weighted by Gasteiger charge is 2.30. The van der Waals surface area contributed by atoms with Crippen LogP contribution in [0.1, 0.15) is 72.0 Å². The third kappa shape index (κ3) is 3.79. The quantitative estimate of drug-likeness (QED) is 0.853. The molecule has 3 heteroatoms. The second-order valence-corrected chi connectivity index (χ2v) is 7.53. The molecule has 104 valence electrons. The van der Waals surface area contributed by atoms with E-state index in [2.05, 4.69) is 59.2 Å². The Morgan fingerprint density at radius 1 is 1.28 bits per heavy atom. The SMILES string of the molecule is CCCC(C)(NC(C)C)c1nc(C(C)(C)C)cs1. The van der Waals surface area contributed by atoms with Crippen LogP contribution in [0, 0.1) is 0 Å². The Hall–Kier alpha value is -0.410. The summed E-state index contributed by atoms with van der Waals surface area (Å²) >= 11 is 1.79. The molecule has 0 amide bonds. The van der Waals surface area contributed by atoms with Crippen LogP contribution in [0.3, 0.4) is 0 Å². The summed E-state index contributed by atoms with van der Waals surface area (Å²) in [4.78, 5) is 4.88. The summed E-state index contributed by atoms with van der Waals surface area (Å²) in [6.07, 6.45) is 2.29. The van der Waals surface area contributed by atoms with Crippen LogP contribution in [0.2, 0.25) is 0 Å². The number of aromatic nitrogens is 1. The maximum Gasteiger partial charge on any atom is 0.113 e. The summed E-state index contributed by atoms with van der Waals surface area (Å²) in [5.41, 5.74) is 1.35. The van der Waals surface area contributed by atoms with Crippen LogP contribution in [0.4, 0.5) is 0 Å². The van der Waals surface area contributed by atoms with E-state index in [4.69, 9.17) is 4.98 Å². The normalized spacial score (nSPS) is 16.0. The minimum absolute atomic E-state index is 0.0110. The molecule has 1 atom stereocenters. The monoisotopic (exact) mass is 268 g/mol. The minimum Gasteiger partial charge on any atom is -0.303 e. The number of hydrogen-bond donors (Lipinski definition) is 1. The zero-order valence-corrected chi connectivity index (χ0v) is 13.7. The van der Waals surface area contributed by atoms with E-state index in [0.29, 0.717) is 6.04 Å². The summed E-state index contributed by atoms with van der Waals surface area (Å²) < 4.78 is 0. The van der Waals surface area contributed by atoms with Crippen molar-refractivity contribution in [3.05, 3.63) is 16.1 Å². The predicted octanol–water partition coefficient (Wildman–Crippen LogP) is 4.45. The van der Waals surface area contributed by atoms with Crippen LogP contribution in [0.15, 0.2) is 5.38 Å². The van der Waals surface area contributed by atoms with Gasteiger partial charge in [-0.3, -0.25) is 0 Å². The molecule has 0 aliphatic heterocycles. The first-order valence-corrected chi connectivity index (χ1v) is 7.81. The van der Waals surface area contributed by atoms with Crippen LogP contribution in [0.5, 0.6) is 0 Å². The second kappa shape index (κ2) is 5.70. The van der Waals surface area contributed by atoms with Crippen LogP contribution >= 0.6 is 11.3 Å². The van der Waals surface area contributed by atoms with Crippen LogP contribution in [0.25, 0.3) is 0 Å². The molecule has 18 heavy (non-hydrogen) atoms. The Balaban J connectivity index is 3.03. The third-order valence-corrected chi connectivity index (χ3v) is 4.21. The third-order valence-electron chi connectivity index (χ3n) is 3.10. The van der Waals surface area contributed by atoms with Gasteiger partial charge in [-0.15, -0.1) is 11.3 Å². The van der Waals surface area contributed by atoms with Crippen molar-refractivity contribution in [2.45, 2.75) is 78.3 Å². The van der Waals surface area contributed by atoms with Gasteiger partial charge in [-0.1, -0.05) is 34.1 Å². The molecule has 1 heterocycles. The summed E-state index contributed by atoms with van der Waals surface area (Å²) in [6.45, 7) is 15.6. The van der Waals surface area contributed by atoms with Gasteiger partial charge in [-0.2, -0.15) is 0 Å². The maximum atomic E-state index is 4.88. The lowest BCUT2D eigenvalue weighted by Crippen LogP contribution is -2.43. The fraction of sp³-hybridized carbons (Fsp3) is 0.800. The zero-order chi connectivity index (χ0) is 14.0. The largest absolute Gasteiger partial charge is 0.303 e. The van der Waals surface area contributed by atoms with E-state index in [-0.39, 0.29) is 11.0 Å². The summed E-state index contributed by atoms with van der Waals surface area (Å²) in [5, 5.41) is 7.12. The first-order valence-electron chi connectivity index (χ1n) is 6.93. The summed E-state index contributed by atoms with van der Waals surface area (Å²) in [6, 6.07) is 0.475. The van der Waals surface area contributed by atoms with E-state index in [1.54, 1.807) is 11.3 Å². The molecule has 0 aliphatic carbocycles. The number of thiazole rings is 1. The molecule has 0 saturated carbocycles. The molecule has 0 radical (unpaired) electrons. The topological polar surface area (TPSA) is 24.9 Å². The highest BCUT2D eigenvalue weighted by Crippen LogP contribution is 2.32. The van der Waals surface area contributed by atoms with Crippen LogP contribution in [-0.2, 0) is 11.0 Å². The molecule has 0 fully saturated rings. The standard InChI is InChI=1S/C15H28N2S/c1-8-9-15(7,17-11(2)3)13-16-12(10-18-13)14(4,5)6/h10-11,17H,8-9H2,1-7H3. The fourth-order valence-corrected chi connectivity index (χ4v) is 3.45. The van der Waals surface area contributed by atoms with Crippen molar-refractivity contribution in [1.82, 2.24) is 10.3 Å². The fourth-order valence-electron chi connectivity index (χ4n) is 2.25. The maximum absolute atomic E-state index is 4.88. The van der Waals surface area contributed by atoms with Gasteiger partial charge in [-0.05, 0) is 27.2 Å². The van der Waals surface area contributed by atoms with Crippen molar-refractivity contribution < 1.29 is 0 Å². The summed E-state index contributed by atoms with van der Waals surface area (Å²) in [5.74, 6) is 0. The Bertz CT molecular complexity index is 376. The first kappa shape index (κ1) is 15.6. The lowest BCUT2D eigenvalue weighted by molar-refractivity contribution is 0.306. The van der Waals surface area contributed by atoms with Crippen molar-refractivity contribution in [2.24, 2.45) is 0 Å². The summed E-state index contributed by atoms with van der Waals surface area (Å²) in [7, 11) is 0. The Kier molecular flexibility index (Phi) is 4.96. The van der Waals surface area contributed by atoms with Gasteiger partial charge in [0.15, 0.2) is 0 Å². The van der Waals surface area contributed by atoms with Gasteiger partial charge in [0.1, 0.15) is 5.01 Å². The van der Waals surface area contributed by atoms with E-state index >= 15 is 0 Å². The average Bonchev–Trinajstić information content (AvgIpc) is 2.64. The van der Waals surface area contributed by atoms with Crippen molar-refractivity contribution >= 4 is 11.3 Å². The smallest absolute Gasteiger partial charge is 0.113 e. The van der Waals surface area contributed by atoms with E-state index in [9.17, 15) is 0 Å². The molecular weight excluding hydrogens is 240 g/mol. The Morgan fingerprint density at radius 3 is 2.28 bits per heavy atom. The molecule has 0 bridgehead atoms. The molecule has 0 aromatic carbocycles. The van der Waals surface area contributed by atoms with Crippen molar-refractivity contribution in [3.8, 4) is 0 Å². The van der Waals surface area contributed by atoms with Gasteiger partial charge >= 0.3 is 0 Å². The van der Waals surface area contributed by atoms with Gasteiger partial charge in [0, 0.05) is 16.8 Å². The zero-order valence-electron chi connectivity index (χ0n) is 12.9. The molecule has 0 aliphatic rings. The highest BCUT2D eigenvalue weighted by molar-refractivity contribution is 7.09. The van der Waals surface area contributed by atoms with E-state index in [1.807, 2.05) is 0 Å². The lowest BCUT2D eigenvalue weighted by Gasteiger charge is -2.31. The lowest BCUT2D eigenvalue weighted by atomic mass is 9.92. The van der Waals surface area contributed by atoms with Gasteiger partial charge in [0.25, 0.3) is 0 Å². The average molecular weight is 268 g/mol. The molecular formula is C15H28N2S. The highest BCUT2D eigenvalue weighted by atomic mass is 32.1. The van der Waals surface area contributed by atoms with E-state index in [0.717, 1.165) is 6.42 Å². The van der Waals surface area contributed by atoms with Gasteiger partial charge in [0.2, 0.25) is 0 Å². The predicted molar refractivity (Wildman–Crippen MR) is 81.3 cm³/mol. The first-order chi connectivity index (χ1) is 8.19. The van der Waals surface area contributed by atoms with Gasteiger partial charge in [0.05, 0.1) is 11.2 Å². The van der Waals surface area contributed by atoms with E-state index in [1.165, 1.54) is 17.1 Å². The Morgan fingerprint density at radius 2 is 1.89 bits per heavy atom. The van der Waals surface area contributed by atoms with Gasteiger partial charge < -0.3 is 5.32 Å². The van der Waals surface area contributed by atoms with Gasteiger partial charge in [-0.25, -0.2) is 4.98 Å². The molecule has 0 saturated heterocycles. The minimum atomic E-state index is 0.0110. The van der Waals surface area contributed by atoms with Crippen molar-refractivity contribution in [2.75, 3.05) is 0 Å². The molecule has 1 rings (SSSR count). The number of rotatable bonds is 5. The van der Waals surface area contributed by atoms with Crippen LogP contribution in [-0.4, -0.2) is 11.0 Å². The van der Waals surface area contributed by atoms with E-state index < -0.39 is 0 Å². The molecule has 1 aromatic rings. The van der Waals surface area contributed by atoms with Crippen molar-refractivity contribution in [3.63, 3.8) is 0 Å². The molecule has 1 unspecified atom stereocenters. The Labute approximate surface area is 116 Å². The van der Waals surface area contributed by atoms with Crippen LogP contribution < -0.4 is 5.32 Å². The number of nitrogens with zero attached hydrogens (tertiary/aromatic N) is 1. The molecule has 0 spiro atoms. The molecule has 1 N–H and O–H groups in total. The second-order valence-electron chi connectivity index (χ2n) is 6.67. The van der Waals surface area contributed by atoms with Crippen molar-refractivity contribution in [1.29, 1.82) is 0 Å². The molecule has 2 nitrogen and oxygen atoms in total. The number of nitrogens with one attached hydrogen (secondary N) is 1. The molecule has 1 aromatic heterocycles.